The third-order valence-electron chi connectivity index (χ3n) is 3.57. The fourth-order valence-corrected chi connectivity index (χ4v) is 3.85. The van der Waals surface area contributed by atoms with E-state index in [2.05, 4.69) is 20.4 Å². The molecule has 0 amide bonds. The maximum atomic E-state index is 5.06. The highest BCUT2D eigenvalue weighted by Gasteiger charge is 2.39. The summed E-state index contributed by atoms with van der Waals surface area (Å²) in [4.78, 5) is 8.76. The number of hydrogen-bond donors (Lipinski definition) is 1. The van der Waals surface area contributed by atoms with Gasteiger partial charge in [-0.1, -0.05) is 29.8 Å². The Kier molecular flexibility index (Phi) is 3.28. The van der Waals surface area contributed by atoms with E-state index in [-0.39, 0.29) is 0 Å². The Balaban J connectivity index is 1.52. The molecular weight excluding hydrogens is 248 g/mol. The Morgan fingerprint density at radius 2 is 2.28 bits per heavy atom. The van der Waals surface area contributed by atoms with Crippen LogP contribution in [0.4, 0.5) is 0 Å². The van der Waals surface area contributed by atoms with Crippen LogP contribution in [0, 0.1) is 6.92 Å². The number of aliphatic imine (C=N–C) groups is 1. The minimum atomic E-state index is 0.352. The zero-order valence-electron chi connectivity index (χ0n) is 10.6. The molecule has 18 heavy (non-hydrogen) atoms. The van der Waals surface area contributed by atoms with E-state index in [1.807, 2.05) is 18.7 Å². The third-order valence-corrected chi connectivity index (χ3v) is 4.77. The monoisotopic (exact) mass is 266 g/mol. The third kappa shape index (κ3) is 2.53. The summed E-state index contributed by atoms with van der Waals surface area (Å²) in [5.41, 5.74) is 0.352. The second-order valence-corrected chi connectivity index (χ2v) is 6.04. The van der Waals surface area contributed by atoms with Gasteiger partial charge in [-0.25, -0.2) is 0 Å². The van der Waals surface area contributed by atoms with Gasteiger partial charge >= 0.3 is 0 Å². The molecule has 0 unspecified atom stereocenters. The van der Waals surface area contributed by atoms with E-state index in [4.69, 9.17) is 4.52 Å². The van der Waals surface area contributed by atoms with Gasteiger partial charge in [-0.15, -0.1) is 0 Å². The van der Waals surface area contributed by atoms with Crippen LogP contribution in [0.3, 0.4) is 0 Å². The lowest BCUT2D eigenvalue weighted by atomic mass is 10.0. The fraction of sp³-hybridized carbons (Fsp3) is 0.750. The minimum absolute atomic E-state index is 0.352. The quantitative estimate of drug-likeness (QED) is 0.905. The number of aromatic nitrogens is 2. The van der Waals surface area contributed by atoms with E-state index < -0.39 is 0 Å². The lowest BCUT2D eigenvalue weighted by Gasteiger charge is -2.21. The number of thioether (sulfide) groups is 1. The molecule has 2 fully saturated rings. The molecule has 1 spiro atoms. The van der Waals surface area contributed by atoms with Crippen molar-refractivity contribution in [2.75, 3.05) is 12.3 Å². The molecule has 1 aromatic rings. The largest absolute Gasteiger partial charge is 0.359 e. The molecule has 6 heteroatoms. The highest BCUT2D eigenvalue weighted by Crippen LogP contribution is 2.37. The predicted molar refractivity (Wildman–Crippen MR) is 71.8 cm³/mol. The van der Waals surface area contributed by atoms with Gasteiger partial charge in [0, 0.05) is 17.7 Å². The molecule has 3 rings (SSSR count). The molecule has 1 aliphatic heterocycles. The van der Waals surface area contributed by atoms with Gasteiger partial charge in [-0.2, -0.15) is 4.98 Å². The van der Waals surface area contributed by atoms with Crippen molar-refractivity contribution in [2.24, 2.45) is 4.99 Å². The van der Waals surface area contributed by atoms with E-state index in [1.165, 1.54) is 31.4 Å². The number of aryl methyl sites for hydroxylation is 1. The van der Waals surface area contributed by atoms with E-state index in [0.29, 0.717) is 23.8 Å². The van der Waals surface area contributed by atoms with Crippen LogP contribution in [0.25, 0.3) is 0 Å². The second kappa shape index (κ2) is 4.91. The first-order valence-electron chi connectivity index (χ1n) is 6.50. The normalized spacial score (nSPS) is 23.9. The molecular formula is C12H18N4OS. The van der Waals surface area contributed by atoms with E-state index >= 15 is 0 Å². The average molecular weight is 266 g/mol. The van der Waals surface area contributed by atoms with Crippen LogP contribution >= 0.6 is 11.8 Å². The molecule has 1 aromatic heterocycles. The summed E-state index contributed by atoms with van der Waals surface area (Å²) in [7, 11) is 0. The fourth-order valence-electron chi connectivity index (χ4n) is 2.61. The topological polar surface area (TPSA) is 63.3 Å². The van der Waals surface area contributed by atoms with Crippen molar-refractivity contribution in [1.82, 2.24) is 15.5 Å². The van der Waals surface area contributed by atoms with Crippen molar-refractivity contribution >= 4 is 16.9 Å². The van der Waals surface area contributed by atoms with Crippen LogP contribution in [-0.4, -0.2) is 33.1 Å². The number of rotatable bonds is 3. The average Bonchev–Trinajstić information content (AvgIpc) is 3.05. The van der Waals surface area contributed by atoms with Gasteiger partial charge in [0.15, 0.2) is 11.0 Å². The standard InChI is InChI=1S/C12H18N4OS/c1-9-14-10(17-16-9)4-7-13-11-15-12(8-18-11)5-2-3-6-12/h2-8H2,1H3,(H,13,15). The number of amidine groups is 1. The van der Waals surface area contributed by atoms with Gasteiger partial charge in [0.05, 0.1) is 6.54 Å². The van der Waals surface area contributed by atoms with E-state index in [1.54, 1.807) is 0 Å². The van der Waals surface area contributed by atoms with Crippen LogP contribution in [-0.2, 0) is 6.42 Å². The van der Waals surface area contributed by atoms with Crippen molar-refractivity contribution in [3.05, 3.63) is 11.7 Å². The Labute approximate surface area is 111 Å². The van der Waals surface area contributed by atoms with Crippen molar-refractivity contribution in [3.63, 3.8) is 0 Å². The van der Waals surface area contributed by atoms with Crippen LogP contribution in [0.15, 0.2) is 9.52 Å². The molecule has 1 saturated heterocycles. The lowest BCUT2D eigenvalue weighted by molar-refractivity contribution is 0.376. The smallest absolute Gasteiger partial charge is 0.228 e. The van der Waals surface area contributed by atoms with Crippen LogP contribution in [0.5, 0.6) is 0 Å². The highest BCUT2D eigenvalue weighted by atomic mass is 32.2. The van der Waals surface area contributed by atoms with Gasteiger partial charge in [-0.3, -0.25) is 4.99 Å². The number of hydrogen-bond acceptors (Lipinski definition) is 5. The molecule has 2 heterocycles. The maximum Gasteiger partial charge on any atom is 0.228 e. The Morgan fingerprint density at radius 1 is 1.44 bits per heavy atom. The predicted octanol–water partition coefficient (Wildman–Crippen LogP) is 1.93. The van der Waals surface area contributed by atoms with Gasteiger partial charge in [0.25, 0.3) is 0 Å². The minimum Gasteiger partial charge on any atom is -0.359 e. The van der Waals surface area contributed by atoms with E-state index in [0.717, 1.165) is 11.6 Å². The van der Waals surface area contributed by atoms with Crippen LogP contribution < -0.4 is 5.32 Å². The van der Waals surface area contributed by atoms with E-state index in [9.17, 15) is 0 Å². The van der Waals surface area contributed by atoms with Crippen LogP contribution in [0.2, 0.25) is 0 Å². The van der Waals surface area contributed by atoms with Crippen LogP contribution in [0.1, 0.15) is 37.4 Å². The summed E-state index contributed by atoms with van der Waals surface area (Å²) < 4.78 is 5.06. The van der Waals surface area contributed by atoms with Crippen molar-refractivity contribution in [2.45, 2.75) is 44.6 Å². The van der Waals surface area contributed by atoms with Crippen molar-refractivity contribution in [1.29, 1.82) is 0 Å². The number of nitrogens with zero attached hydrogens (tertiary/aromatic N) is 3. The molecule has 0 aromatic carbocycles. The maximum absolute atomic E-state index is 5.06. The van der Waals surface area contributed by atoms with Gasteiger partial charge in [0.2, 0.25) is 5.89 Å². The summed E-state index contributed by atoms with van der Waals surface area (Å²) in [5.74, 6) is 2.54. The molecule has 98 valence electrons. The zero-order valence-corrected chi connectivity index (χ0v) is 11.4. The number of nitrogens with one attached hydrogen (secondary N) is 1. The molecule has 1 N–H and O–H groups in total. The highest BCUT2D eigenvalue weighted by molar-refractivity contribution is 8.14. The van der Waals surface area contributed by atoms with Gasteiger partial charge in [0.1, 0.15) is 0 Å². The molecule has 0 radical (unpaired) electrons. The Morgan fingerprint density at radius 3 is 3.00 bits per heavy atom. The summed E-state index contributed by atoms with van der Waals surface area (Å²) in [6.45, 7) is 2.55. The molecule has 1 aliphatic carbocycles. The van der Waals surface area contributed by atoms with Gasteiger partial charge < -0.3 is 9.84 Å². The summed E-state index contributed by atoms with van der Waals surface area (Å²) in [6, 6.07) is 0. The lowest BCUT2D eigenvalue weighted by Crippen LogP contribution is -2.40. The molecule has 0 bridgehead atoms. The first-order chi connectivity index (χ1) is 8.76. The summed E-state index contributed by atoms with van der Waals surface area (Å²) >= 11 is 1.85. The molecule has 1 saturated carbocycles. The molecule has 5 nitrogen and oxygen atoms in total. The van der Waals surface area contributed by atoms with Crippen molar-refractivity contribution in [3.8, 4) is 0 Å². The zero-order chi connectivity index (χ0) is 12.4. The molecule has 0 atom stereocenters. The Bertz CT molecular complexity index is 451. The Hall–Kier alpha value is -1.04. The van der Waals surface area contributed by atoms with Crippen molar-refractivity contribution < 1.29 is 4.52 Å². The summed E-state index contributed by atoms with van der Waals surface area (Å²) in [6.07, 6.45) is 6.01. The molecule has 2 aliphatic rings. The van der Waals surface area contributed by atoms with Gasteiger partial charge in [-0.05, 0) is 19.8 Å². The summed E-state index contributed by atoms with van der Waals surface area (Å²) in [5, 5.41) is 8.46. The second-order valence-electron chi connectivity index (χ2n) is 5.07. The SMILES string of the molecule is Cc1noc(CCN=C2NC3(CCCC3)CS2)n1. The first kappa shape index (κ1) is 12.0. The first-order valence-corrected chi connectivity index (χ1v) is 7.49.